The molecule has 1 N–H and O–H groups in total. The van der Waals surface area contributed by atoms with Gasteiger partial charge in [-0.1, -0.05) is 385 Å². The van der Waals surface area contributed by atoms with Gasteiger partial charge in [0, 0.05) is 65.7 Å². The maximum Gasteiger partial charge on any atom is 0.391 e. The minimum atomic E-state index is -3.98. The standard InChI is InChI=1S/C11H23N.C10H20.C10H22.C9H20.C8H15F3.C8H18O2.C8H20Si.C7H14F2.C7H17N.C7H16.C6H14O2S.C6H14O.C5H13NO2S/c1-3-5-8-11(4-2)12-9-6-7-10-12;1-3-5-6-9(4-2)10-7-8-10;1-5-6-7-8-10(4)9(2)3;1-4-6-7-8-9(3)5-2;1-3-5-7(6-4-2)8(9,10)11;1-3-5-9-7-8-10-6-4-2;1-5-7-9(3,4)8-6-2;1-3-5-6-7(8,9)4-2;1-4-6-8(3)7-5-2;1-3-5-7-6-4-2;1-3-5-6-9(7,8)4-2;1-3-5-6-7-4-2;1-3-5-6-9(7,8)4-2/h11H,3-10H2,1-2H3;9-10H,3-8H2,1-2H3;9-10H,5-8H2,1-4H3;9H,4-8H2,1-3H3;7H,3-6H2,1-2H3;3-8H2,1-2H3;5-8H2,1-4H3;3-6H2,1-2H3;4-7H2,1-3H3;3-7H2,1-2H3;3-6H2,1-2H3;3-6H2,1-2H3;6H,3-5H2,1-2H3. The molecule has 1 saturated carbocycles. The molecule has 4 unspecified atom stereocenters. The summed E-state index contributed by atoms with van der Waals surface area (Å²) in [6.07, 6.45) is 48.7. The molecule has 0 aromatic carbocycles. The van der Waals surface area contributed by atoms with E-state index in [-0.39, 0.29) is 37.2 Å². The molecular formula is C102H226F5N3O7S2Si. The molecule has 0 radical (unpaired) electrons. The van der Waals surface area contributed by atoms with Crippen molar-refractivity contribution in [2.45, 2.75) is 533 Å². The number of nitrogens with one attached hydrogen (secondary N) is 1. The average molecular weight is 1790 g/mol. The molecule has 2 aliphatic rings. The summed E-state index contributed by atoms with van der Waals surface area (Å²) in [4.78, 5) is 5.05. The summed E-state index contributed by atoms with van der Waals surface area (Å²) in [6.45, 7) is 77.3. The highest BCUT2D eigenvalue weighted by atomic mass is 32.2. The number of sulfonamides is 1. The third-order valence-electron chi connectivity index (χ3n) is 21.7. The summed E-state index contributed by atoms with van der Waals surface area (Å²) in [7, 11) is -4.14. The second-order valence-electron chi connectivity index (χ2n) is 35.1. The SMILES string of the molecule is CCCC(CCC)C(F)(F)F.CCCCC(CC)C1CC1.CCCCC(CC)N1CCCC1.CCCCC(F)(F)CC.CCCCCC(C)C(C)C.CCCCCC(C)CC.CCCCCCC.CCCCOCC.CCCCS(=O)(=O)CC.CCCN(C)CCC.CCCNS(=O)(=O)CC.CCCOCCOCCC.CCC[Si](C)(C)CCC. The molecule has 4 atom stereocenters. The first-order chi connectivity index (χ1) is 56.8. The number of likely N-dealkylation sites (tertiary alicyclic amines) is 1. The highest BCUT2D eigenvalue weighted by Gasteiger charge is 2.37. The van der Waals surface area contributed by atoms with Crippen LogP contribution in [0.3, 0.4) is 0 Å². The number of sulfone groups is 1. The molecule has 0 amide bonds. The highest BCUT2D eigenvalue weighted by molar-refractivity contribution is 7.91. The minimum Gasteiger partial charge on any atom is -0.382 e. The van der Waals surface area contributed by atoms with Gasteiger partial charge < -0.3 is 24.0 Å². The van der Waals surface area contributed by atoms with Gasteiger partial charge in [-0.2, -0.15) is 13.2 Å². The van der Waals surface area contributed by atoms with Gasteiger partial charge in [-0.25, -0.2) is 30.3 Å². The van der Waals surface area contributed by atoms with E-state index < -0.39 is 46.0 Å². The van der Waals surface area contributed by atoms with E-state index in [0.29, 0.717) is 31.6 Å². The Balaban J connectivity index is -0.000000119. The number of hydrogen-bond acceptors (Lipinski definition) is 9. The first-order valence-corrected chi connectivity index (χ1v) is 58.5. The predicted molar refractivity (Wildman–Crippen MR) is 537 cm³/mol. The third-order valence-corrected chi connectivity index (χ3v) is 28.6. The van der Waals surface area contributed by atoms with Gasteiger partial charge in [-0.3, -0.25) is 0 Å². The van der Waals surface area contributed by atoms with Crippen LogP contribution in [0.4, 0.5) is 22.0 Å². The Hall–Kier alpha value is -0.473. The molecule has 18 heteroatoms. The van der Waals surface area contributed by atoms with Crippen LogP contribution in [0.5, 0.6) is 0 Å². The molecule has 2 fully saturated rings. The number of alkyl halides is 5. The Labute approximate surface area is 756 Å². The monoisotopic (exact) mass is 1790 g/mol. The summed E-state index contributed by atoms with van der Waals surface area (Å²) < 4.78 is 122. The fourth-order valence-corrected chi connectivity index (χ4v) is 17.4. The summed E-state index contributed by atoms with van der Waals surface area (Å²) in [5.41, 5.74) is 0. The van der Waals surface area contributed by atoms with Gasteiger partial charge in [-0.15, -0.1) is 0 Å². The average Bonchev–Trinajstić information content (AvgIpc) is 1.71. The zero-order valence-corrected chi connectivity index (χ0v) is 90.3. The van der Waals surface area contributed by atoms with Crippen molar-refractivity contribution >= 4 is 27.9 Å². The first-order valence-electron chi connectivity index (χ1n) is 51.6. The second-order valence-corrected chi connectivity index (χ2v) is 45.0. The van der Waals surface area contributed by atoms with E-state index in [4.69, 9.17) is 14.2 Å². The summed E-state index contributed by atoms with van der Waals surface area (Å²) in [5.74, 6) is 2.31. The third kappa shape index (κ3) is 131. The van der Waals surface area contributed by atoms with Crippen LogP contribution in [-0.4, -0.2) is 150 Å². The number of unbranched alkanes of at least 4 members (excludes halogenated alkanes) is 13. The quantitative estimate of drug-likeness (QED) is 0.0361. The number of ether oxygens (including phenoxy) is 3. The molecule has 1 aliphatic carbocycles. The van der Waals surface area contributed by atoms with Crippen molar-refractivity contribution in [2.24, 2.45) is 35.5 Å². The van der Waals surface area contributed by atoms with Crippen LogP contribution in [0.2, 0.25) is 25.2 Å². The van der Waals surface area contributed by atoms with Gasteiger partial charge >= 0.3 is 6.18 Å². The lowest BCUT2D eigenvalue weighted by atomic mass is 9.92. The maximum absolute atomic E-state index is 12.3. The smallest absolute Gasteiger partial charge is 0.382 e. The molecule has 0 spiro atoms. The Morgan fingerprint density at radius 2 is 0.875 bits per heavy atom. The second kappa shape index (κ2) is 111. The summed E-state index contributed by atoms with van der Waals surface area (Å²) in [6, 6.07) is 3.93. The van der Waals surface area contributed by atoms with E-state index in [9.17, 15) is 38.8 Å². The molecular weight excluding hydrogens is 1570 g/mol. The van der Waals surface area contributed by atoms with E-state index in [1.165, 1.54) is 251 Å². The minimum absolute atomic E-state index is 0.0208. The van der Waals surface area contributed by atoms with Crippen LogP contribution in [0.25, 0.3) is 0 Å². The van der Waals surface area contributed by atoms with Gasteiger partial charge in [0.05, 0.1) is 30.6 Å². The number of halogens is 5. The van der Waals surface area contributed by atoms with Crippen molar-refractivity contribution in [3.8, 4) is 0 Å². The molecule has 120 heavy (non-hydrogen) atoms. The lowest BCUT2D eigenvalue weighted by Gasteiger charge is -2.26. The maximum atomic E-state index is 12.3. The Morgan fingerprint density at radius 3 is 1.21 bits per heavy atom. The first kappa shape index (κ1) is 143. The van der Waals surface area contributed by atoms with Crippen LogP contribution in [0, 0.1) is 35.5 Å². The highest BCUT2D eigenvalue weighted by Crippen LogP contribution is 2.41. The van der Waals surface area contributed by atoms with Crippen molar-refractivity contribution in [3.05, 3.63) is 0 Å². The van der Waals surface area contributed by atoms with Crippen LogP contribution < -0.4 is 4.72 Å². The molecule has 2 rings (SSSR count). The van der Waals surface area contributed by atoms with Crippen molar-refractivity contribution in [3.63, 3.8) is 0 Å². The van der Waals surface area contributed by atoms with Gasteiger partial charge in [0.25, 0.3) is 0 Å². The molecule has 1 heterocycles. The van der Waals surface area contributed by atoms with Crippen LogP contribution in [-0.2, 0) is 34.1 Å². The fourth-order valence-electron chi connectivity index (χ4n) is 12.7. The van der Waals surface area contributed by atoms with Crippen LogP contribution in [0.15, 0.2) is 0 Å². The Kier molecular flexibility index (Phi) is 132. The van der Waals surface area contributed by atoms with Gasteiger partial charge in [0.1, 0.15) is 9.84 Å². The van der Waals surface area contributed by atoms with Crippen LogP contribution >= 0.6 is 0 Å². The number of hydrogen-bond donors (Lipinski definition) is 1. The molecule has 1 aliphatic heterocycles. The zero-order chi connectivity index (χ0) is 94.7. The Bertz CT molecular complexity index is 1940. The van der Waals surface area contributed by atoms with Crippen LogP contribution in [0.1, 0.15) is 490 Å². The van der Waals surface area contributed by atoms with Crippen molar-refractivity contribution in [1.82, 2.24) is 14.5 Å². The van der Waals surface area contributed by atoms with E-state index >= 15 is 0 Å². The summed E-state index contributed by atoms with van der Waals surface area (Å²) in [5, 5.41) is 0. The largest absolute Gasteiger partial charge is 0.391 e. The Morgan fingerprint density at radius 1 is 0.433 bits per heavy atom. The van der Waals surface area contributed by atoms with E-state index in [2.05, 4.69) is 173 Å². The molecule has 1 saturated heterocycles. The summed E-state index contributed by atoms with van der Waals surface area (Å²) >= 11 is 0. The molecule has 742 valence electrons. The fraction of sp³-hybridized carbons (Fsp3) is 1.00. The van der Waals surface area contributed by atoms with E-state index in [1.54, 1.807) is 27.7 Å². The van der Waals surface area contributed by atoms with Crippen molar-refractivity contribution in [2.75, 3.05) is 96.7 Å². The topological polar surface area (TPSA) is 114 Å². The predicted octanol–water partition coefficient (Wildman–Crippen LogP) is 34.6. The normalized spacial score (nSPS) is 13.5. The number of rotatable bonds is 59. The van der Waals surface area contributed by atoms with Gasteiger partial charge in [-0.05, 0) is 179 Å². The van der Waals surface area contributed by atoms with Crippen molar-refractivity contribution < 1.29 is 53.0 Å². The molecule has 0 aromatic heterocycles. The van der Waals surface area contributed by atoms with Gasteiger partial charge in [0.15, 0.2) is 0 Å². The lowest BCUT2D eigenvalue weighted by Crippen LogP contribution is -2.31. The molecule has 0 bridgehead atoms. The van der Waals surface area contributed by atoms with E-state index in [0.717, 1.165) is 114 Å². The molecule has 10 nitrogen and oxygen atoms in total. The van der Waals surface area contributed by atoms with Gasteiger partial charge in [0.2, 0.25) is 15.9 Å². The zero-order valence-electron chi connectivity index (χ0n) is 87.6. The lowest BCUT2D eigenvalue weighted by molar-refractivity contribution is -0.178. The van der Waals surface area contributed by atoms with Crippen molar-refractivity contribution in [1.29, 1.82) is 0 Å². The number of nitrogens with zero attached hydrogens (tertiary/aromatic N) is 2. The molecule has 0 aromatic rings. The van der Waals surface area contributed by atoms with E-state index in [1.807, 2.05) is 27.7 Å².